The summed E-state index contributed by atoms with van der Waals surface area (Å²) in [5.41, 5.74) is 0.870. The third kappa shape index (κ3) is 3.57. The van der Waals surface area contributed by atoms with Gasteiger partial charge in [0.05, 0.1) is 18.1 Å². The van der Waals surface area contributed by atoms with Gasteiger partial charge in [-0.2, -0.15) is 4.68 Å². The molecule has 2 aromatic heterocycles. The number of nitrogens with one attached hydrogen (secondary N) is 1. The fourth-order valence-corrected chi connectivity index (χ4v) is 3.56. The Bertz CT molecular complexity index is 1250. The van der Waals surface area contributed by atoms with E-state index in [0.717, 1.165) is 10.2 Å². The van der Waals surface area contributed by atoms with Gasteiger partial charge < -0.3 is 4.74 Å². The summed E-state index contributed by atoms with van der Waals surface area (Å²) in [6, 6.07) is 13.4. The minimum absolute atomic E-state index is 0.310. The molecule has 146 valence electrons. The molecule has 29 heavy (non-hydrogen) atoms. The molecule has 2 heterocycles. The van der Waals surface area contributed by atoms with Crippen LogP contribution in [0.3, 0.4) is 0 Å². The topological polar surface area (TPSA) is 112 Å². The van der Waals surface area contributed by atoms with Crippen molar-refractivity contribution in [2.24, 2.45) is 0 Å². The molecule has 2 aromatic carbocycles. The van der Waals surface area contributed by atoms with Gasteiger partial charge in [-0.1, -0.05) is 40.8 Å². The Morgan fingerprint density at radius 3 is 2.69 bits per heavy atom. The first kappa shape index (κ1) is 18.7. The molecule has 4 aromatic rings. The van der Waals surface area contributed by atoms with Crippen LogP contribution in [0.2, 0.25) is 0 Å². The van der Waals surface area contributed by atoms with Crippen LogP contribution in [0.5, 0.6) is 5.75 Å². The van der Waals surface area contributed by atoms with Crippen LogP contribution in [0.4, 0.5) is 5.13 Å². The second-order valence-corrected chi connectivity index (χ2v) is 7.11. The van der Waals surface area contributed by atoms with E-state index >= 15 is 0 Å². The Balaban J connectivity index is 1.57. The SMILES string of the molecule is COc1ccccc1-c1nnc(NC(=O)[C@H](C)n2nnc3ccccc3c2=O)s1. The van der Waals surface area contributed by atoms with Gasteiger partial charge in [-0.05, 0) is 31.2 Å². The van der Waals surface area contributed by atoms with Crippen LogP contribution in [0.15, 0.2) is 53.3 Å². The summed E-state index contributed by atoms with van der Waals surface area (Å²) in [6.07, 6.45) is 0. The van der Waals surface area contributed by atoms with Crippen LogP contribution in [0.1, 0.15) is 13.0 Å². The van der Waals surface area contributed by atoms with E-state index in [2.05, 4.69) is 25.8 Å². The number of amides is 1. The molecule has 1 atom stereocenters. The van der Waals surface area contributed by atoms with Crippen molar-refractivity contribution in [3.63, 3.8) is 0 Å². The molecule has 0 aliphatic heterocycles. The molecular formula is C19H16N6O3S. The van der Waals surface area contributed by atoms with Gasteiger partial charge in [-0.15, -0.1) is 15.3 Å². The van der Waals surface area contributed by atoms with Crippen LogP contribution in [0, 0.1) is 0 Å². The first-order valence-corrected chi connectivity index (χ1v) is 9.52. The zero-order valence-corrected chi connectivity index (χ0v) is 16.4. The van der Waals surface area contributed by atoms with Crippen molar-refractivity contribution in [2.75, 3.05) is 12.4 Å². The van der Waals surface area contributed by atoms with Crippen molar-refractivity contribution in [1.29, 1.82) is 0 Å². The number of nitrogens with zero attached hydrogens (tertiary/aromatic N) is 5. The second kappa shape index (κ2) is 7.76. The molecule has 9 nitrogen and oxygen atoms in total. The second-order valence-electron chi connectivity index (χ2n) is 6.13. The Labute approximate surface area is 169 Å². The average molecular weight is 408 g/mol. The maximum Gasteiger partial charge on any atom is 0.278 e. The van der Waals surface area contributed by atoms with E-state index in [-0.39, 0.29) is 5.56 Å². The largest absolute Gasteiger partial charge is 0.496 e. The number of carbonyl (C=O) groups excluding carboxylic acids is 1. The van der Waals surface area contributed by atoms with Crippen molar-refractivity contribution in [2.45, 2.75) is 13.0 Å². The highest BCUT2D eigenvalue weighted by Crippen LogP contribution is 2.33. The molecule has 1 amide bonds. The van der Waals surface area contributed by atoms with Gasteiger partial charge in [0, 0.05) is 0 Å². The minimum Gasteiger partial charge on any atom is -0.496 e. The standard InChI is InChI=1S/C19H16N6O3S/c1-11(25-18(27)12-7-3-5-9-14(12)21-24-25)16(26)20-19-23-22-17(29-19)13-8-4-6-10-15(13)28-2/h3-11H,1-2H3,(H,20,23,26)/t11-/m0/s1. The first-order valence-electron chi connectivity index (χ1n) is 8.70. The first-order chi connectivity index (χ1) is 14.1. The van der Waals surface area contributed by atoms with E-state index in [1.165, 1.54) is 11.3 Å². The van der Waals surface area contributed by atoms with E-state index in [1.54, 1.807) is 38.3 Å². The number of benzene rings is 2. The highest BCUT2D eigenvalue weighted by atomic mass is 32.1. The predicted octanol–water partition coefficient (Wildman–Crippen LogP) is 2.52. The van der Waals surface area contributed by atoms with Gasteiger partial charge >= 0.3 is 0 Å². The highest BCUT2D eigenvalue weighted by molar-refractivity contribution is 7.18. The molecule has 0 aliphatic rings. The molecule has 0 spiro atoms. The highest BCUT2D eigenvalue weighted by Gasteiger charge is 2.21. The molecule has 0 saturated heterocycles. The lowest BCUT2D eigenvalue weighted by Crippen LogP contribution is -2.34. The predicted molar refractivity (Wildman–Crippen MR) is 109 cm³/mol. The lowest BCUT2D eigenvalue weighted by Gasteiger charge is -2.12. The molecule has 10 heteroatoms. The Morgan fingerprint density at radius 1 is 1.10 bits per heavy atom. The summed E-state index contributed by atoms with van der Waals surface area (Å²) in [5, 5.41) is 20.0. The smallest absolute Gasteiger partial charge is 0.278 e. The van der Waals surface area contributed by atoms with Crippen molar-refractivity contribution in [1.82, 2.24) is 25.2 Å². The van der Waals surface area contributed by atoms with E-state index in [0.29, 0.717) is 26.8 Å². The normalized spacial score (nSPS) is 11.9. The number of methoxy groups -OCH3 is 1. The molecule has 0 saturated carbocycles. The van der Waals surface area contributed by atoms with Gasteiger partial charge in [0.15, 0.2) is 5.01 Å². The monoisotopic (exact) mass is 408 g/mol. The number of aromatic nitrogens is 5. The van der Waals surface area contributed by atoms with Gasteiger partial charge in [-0.25, -0.2) is 0 Å². The van der Waals surface area contributed by atoms with Crippen LogP contribution >= 0.6 is 11.3 Å². The van der Waals surface area contributed by atoms with E-state index in [1.807, 2.05) is 24.3 Å². The lowest BCUT2D eigenvalue weighted by atomic mass is 10.2. The number of rotatable bonds is 5. The van der Waals surface area contributed by atoms with Crippen LogP contribution in [0.25, 0.3) is 21.5 Å². The van der Waals surface area contributed by atoms with Gasteiger partial charge in [0.2, 0.25) is 5.13 Å². The molecule has 0 bridgehead atoms. The zero-order valence-electron chi connectivity index (χ0n) is 15.6. The molecule has 0 radical (unpaired) electrons. The maximum atomic E-state index is 12.6. The number of para-hydroxylation sites is 1. The fraction of sp³-hybridized carbons (Fsp3) is 0.158. The number of hydrogen-bond donors (Lipinski definition) is 1. The van der Waals surface area contributed by atoms with Gasteiger partial charge in [0.1, 0.15) is 17.3 Å². The average Bonchev–Trinajstić information content (AvgIpc) is 3.22. The van der Waals surface area contributed by atoms with Crippen molar-refractivity contribution in [3.8, 4) is 16.3 Å². The number of ether oxygens (including phenoxy) is 1. The van der Waals surface area contributed by atoms with Gasteiger partial charge in [0.25, 0.3) is 11.5 Å². The van der Waals surface area contributed by atoms with Crippen molar-refractivity contribution < 1.29 is 9.53 Å². The molecule has 4 rings (SSSR count). The summed E-state index contributed by atoms with van der Waals surface area (Å²) in [7, 11) is 1.58. The van der Waals surface area contributed by atoms with Crippen LogP contribution < -0.4 is 15.6 Å². The van der Waals surface area contributed by atoms with E-state index in [9.17, 15) is 9.59 Å². The lowest BCUT2D eigenvalue weighted by molar-refractivity contribution is -0.119. The number of fused-ring (bicyclic) bond motifs is 1. The third-order valence-corrected chi connectivity index (χ3v) is 5.20. The fourth-order valence-electron chi connectivity index (χ4n) is 2.78. The number of hydrogen-bond acceptors (Lipinski definition) is 8. The van der Waals surface area contributed by atoms with Crippen molar-refractivity contribution in [3.05, 3.63) is 58.9 Å². The molecule has 0 unspecified atom stereocenters. The Morgan fingerprint density at radius 2 is 1.86 bits per heavy atom. The summed E-state index contributed by atoms with van der Waals surface area (Å²) in [5.74, 6) is 0.215. The van der Waals surface area contributed by atoms with Crippen LogP contribution in [-0.4, -0.2) is 38.2 Å². The minimum atomic E-state index is -0.877. The molecule has 0 fully saturated rings. The molecule has 1 N–H and O–H groups in total. The van der Waals surface area contributed by atoms with Crippen LogP contribution in [-0.2, 0) is 4.79 Å². The summed E-state index contributed by atoms with van der Waals surface area (Å²) in [4.78, 5) is 25.3. The van der Waals surface area contributed by atoms with Crippen molar-refractivity contribution >= 4 is 33.3 Å². The zero-order chi connectivity index (χ0) is 20.4. The Hall–Kier alpha value is -3.66. The number of carbonyl (C=O) groups is 1. The number of anilines is 1. The van der Waals surface area contributed by atoms with Gasteiger partial charge in [-0.3, -0.25) is 14.9 Å². The van der Waals surface area contributed by atoms with E-state index < -0.39 is 11.9 Å². The summed E-state index contributed by atoms with van der Waals surface area (Å²) in [6.45, 7) is 1.57. The maximum absolute atomic E-state index is 12.6. The third-order valence-electron chi connectivity index (χ3n) is 4.33. The molecule has 0 aliphatic carbocycles. The summed E-state index contributed by atoms with van der Waals surface area (Å²) < 4.78 is 6.39. The molecular weight excluding hydrogens is 392 g/mol. The quantitative estimate of drug-likeness (QED) is 0.540. The van der Waals surface area contributed by atoms with E-state index in [4.69, 9.17) is 4.74 Å². The Kier molecular flexibility index (Phi) is 5.00. The summed E-state index contributed by atoms with van der Waals surface area (Å²) >= 11 is 1.21.